The topological polar surface area (TPSA) is 106 Å². The number of aromatic nitrogens is 3. The largest absolute Gasteiger partial charge is 0.444 e. The van der Waals surface area contributed by atoms with Crippen LogP contribution in [0.4, 0.5) is 4.79 Å². The predicted octanol–water partition coefficient (Wildman–Crippen LogP) is 1.67. The molecule has 24 heavy (non-hydrogen) atoms. The quantitative estimate of drug-likeness (QED) is 0.807. The van der Waals surface area contributed by atoms with Crippen molar-refractivity contribution >= 4 is 23.2 Å². The number of amides is 2. The molecule has 0 unspecified atom stereocenters. The van der Waals surface area contributed by atoms with Gasteiger partial charge in [-0.15, -0.1) is 0 Å². The van der Waals surface area contributed by atoms with Crippen molar-refractivity contribution in [3.05, 3.63) is 30.2 Å². The van der Waals surface area contributed by atoms with Crippen LogP contribution in [0, 0.1) is 0 Å². The van der Waals surface area contributed by atoms with E-state index in [0.29, 0.717) is 30.7 Å². The Labute approximate surface area is 140 Å². The zero-order valence-electron chi connectivity index (χ0n) is 14.0. The van der Waals surface area contributed by atoms with Crippen LogP contribution in [0.25, 0.3) is 11.2 Å². The lowest BCUT2D eigenvalue weighted by atomic mass is 10.2. The minimum atomic E-state index is -0.525. The molecule has 0 bridgehead atoms. The third-order valence-electron chi connectivity index (χ3n) is 2.87. The van der Waals surface area contributed by atoms with Gasteiger partial charge >= 0.3 is 6.09 Å². The van der Waals surface area contributed by atoms with Gasteiger partial charge in [-0.25, -0.2) is 14.8 Å². The zero-order valence-corrected chi connectivity index (χ0v) is 14.0. The molecule has 128 valence electrons. The van der Waals surface area contributed by atoms with Gasteiger partial charge in [-0.1, -0.05) is 0 Å². The molecular formula is C16H21N5O3. The summed E-state index contributed by atoms with van der Waals surface area (Å²) in [5.41, 5.74) is 0.818. The molecule has 2 amide bonds. The molecule has 0 aliphatic carbocycles. The van der Waals surface area contributed by atoms with Gasteiger partial charge in [0.05, 0.1) is 0 Å². The van der Waals surface area contributed by atoms with E-state index in [1.165, 1.54) is 6.20 Å². The van der Waals surface area contributed by atoms with E-state index in [0.717, 1.165) is 0 Å². The summed E-state index contributed by atoms with van der Waals surface area (Å²) in [5, 5.41) is 5.37. The smallest absolute Gasteiger partial charge is 0.407 e. The van der Waals surface area contributed by atoms with Crippen molar-refractivity contribution in [1.82, 2.24) is 25.6 Å². The molecule has 2 N–H and O–H groups in total. The molecule has 0 aliphatic heterocycles. The van der Waals surface area contributed by atoms with Crippen molar-refractivity contribution in [2.24, 2.45) is 0 Å². The first kappa shape index (κ1) is 17.6. The van der Waals surface area contributed by atoms with Crippen LogP contribution in [0.2, 0.25) is 0 Å². The number of rotatable bonds is 5. The van der Waals surface area contributed by atoms with Crippen LogP contribution in [0.3, 0.4) is 0 Å². The van der Waals surface area contributed by atoms with Crippen LogP contribution in [0.15, 0.2) is 24.5 Å². The highest BCUT2D eigenvalue weighted by molar-refractivity contribution is 5.93. The number of nitrogens with zero attached hydrogens (tertiary/aromatic N) is 3. The Balaban J connectivity index is 1.74. The maximum Gasteiger partial charge on any atom is 0.407 e. The number of alkyl carbamates (subject to hydrolysis) is 1. The Morgan fingerprint density at radius 1 is 1.08 bits per heavy atom. The first-order valence-electron chi connectivity index (χ1n) is 7.68. The van der Waals surface area contributed by atoms with Crippen LogP contribution >= 0.6 is 0 Å². The van der Waals surface area contributed by atoms with Crippen LogP contribution in [0.1, 0.15) is 37.7 Å². The predicted molar refractivity (Wildman–Crippen MR) is 88.5 cm³/mol. The van der Waals surface area contributed by atoms with Gasteiger partial charge in [-0.2, -0.15) is 0 Å². The highest BCUT2D eigenvalue weighted by atomic mass is 16.6. The van der Waals surface area contributed by atoms with Gasteiger partial charge < -0.3 is 15.4 Å². The normalized spacial score (nSPS) is 11.1. The maximum absolute atomic E-state index is 12.0. The molecule has 8 nitrogen and oxygen atoms in total. The van der Waals surface area contributed by atoms with Crippen molar-refractivity contribution < 1.29 is 14.3 Å². The molecule has 2 aromatic rings. The third kappa shape index (κ3) is 5.45. The van der Waals surface area contributed by atoms with Gasteiger partial charge in [0.25, 0.3) is 5.91 Å². The maximum atomic E-state index is 12.0. The molecule has 0 saturated carbocycles. The average molecular weight is 331 g/mol. The van der Waals surface area contributed by atoms with Gasteiger partial charge in [0.1, 0.15) is 16.8 Å². The summed E-state index contributed by atoms with van der Waals surface area (Å²) in [6, 6.07) is 3.31. The highest BCUT2D eigenvalue weighted by Gasteiger charge is 2.15. The average Bonchev–Trinajstić information content (AvgIpc) is 2.52. The summed E-state index contributed by atoms with van der Waals surface area (Å²) in [7, 11) is 0. The SMILES string of the molecule is CC(C)(C)OC(=O)NCCCNC(=O)c1ccc2nccnc2n1. The molecule has 0 aliphatic rings. The van der Waals surface area contributed by atoms with Gasteiger partial charge in [0.15, 0.2) is 5.65 Å². The summed E-state index contributed by atoms with van der Waals surface area (Å²) in [6.07, 6.45) is 3.21. The van der Waals surface area contributed by atoms with Gasteiger partial charge in [0.2, 0.25) is 0 Å². The lowest BCUT2D eigenvalue weighted by Crippen LogP contribution is -2.34. The highest BCUT2D eigenvalue weighted by Crippen LogP contribution is 2.07. The Morgan fingerprint density at radius 3 is 2.54 bits per heavy atom. The van der Waals surface area contributed by atoms with Crippen LogP contribution in [-0.4, -0.2) is 45.6 Å². The minimum Gasteiger partial charge on any atom is -0.444 e. The molecule has 2 rings (SSSR count). The first-order chi connectivity index (χ1) is 11.3. The van der Waals surface area contributed by atoms with Crippen LogP contribution < -0.4 is 10.6 Å². The number of pyridine rings is 1. The van der Waals surface area contributed by atoms with E-state index >= 15 is 0 Å². The number of ether oxygens (including phenoxy) is 1. The fourth-order valence-corrected chi connectivity index (χ4v) is 1.87. The molecule has 2 heterocycles. The van der Waals surface area contributed by atoms with Gasteiger partial charge in [0, 0.05) is 25.5 Å². The summed E-state index contributed by atoms with van der Waals surface area (Å²) in [4.78, 5) is 35.8. The van der Waals surface area contributed by atoms with Crippen molar-refractivity contribution in [2.45, 2.75) is 32.8 Å². The van der Waals surface area contributed by atoms with Crippen molar-refractivity contribution in [2.75, 3.05) is 13.1 Å². The molecular weight excluding hydrogens is 310 g/mol. The van der Waals surface area contributed by atoms with Gasteiger partial charge in [-0.3, -0.25) is 9.78 Å². The Kier molecular flexibility index (Phi) is 5.62. The zero-order chi connectivity index (χ0) is 17.6. The van der Waals surface area contributed by atoms with E-state index in [9.17, 15) is 9.59 Å². The number of hydrogen-bond acceptors (Lipinski definition) is 6. The van der Waals surface area contributed by atoms with Crippen molar-refractivity contribution in [3.63, 3.8) is 0 Å². The number of carbonyl (C=O) groups is 2. The molecule has 0 spiro atoms. The van der Waals surface area contributed by atoms with Crippen LogP contribution in [0.5, 0.6) is 0 Å². The summed E-state index contributed by atoms with van der Waals surface area (Å²) >= 11 is 0. The molecule has 0 saturated heterocycles. The van der Waals surface area contributed by atoms with E-state index in [1.807, 2.05) is 0 Å². The Hall–Kier alpha value is -2.77. The third-order valence-corrected chi connectivity index (χ3v) is 2.87. The molecule has 0 radical (unpaired) electrons. The number of hydrogen-bond donors (Lipinski definition) is 2. The van der Waals surface area contributed by atoms with E-state index < -0.39 is 11.7 Å². The molecule has 2 aromatic heterocycles. The summed E-state index contributed by atoms with van der Waals surface area (Å²) in [6.45, 7) is 6.22. The monoisotopic (exact) mass is 331 g/mol. The lowest BCUT2D eigenvalue weighted by Gasteiger charge is -2.19. The van der Waals surface area contributed by atoms with Crippen molar-refractivity contribution in [1.29, 1.82) is 0 Å². The molecule has 8 heteroatoms. The standard InChI is InChI=1S/C16H21N5O3/c1-16(2,3)24-15(23)20-8-4-7-19-14(22)12-6-5-11-13(21-12)18-10-9-17-11/h5-6,9-10H,4,7-8H2,1-3H3,(H,19,22)(H,20,23). The fraction of sp³-hybridized carbons (Fsp3) is 0.438. The number of fused-ring (bicyclic) bond motifs is 1. The summed E-state index contributed by atoms with van der Waals surface area (Å²) < 4.78 is 5.12. The molecule has 0 aromatic carbocycles. The molecule has 0 fully saturated rings. The second kappa shape index (κ2) is 7.67. The van der Waals surface area contributed by atoms with E-state index in [-0.39, 0.29) is 11.6 Å². The molecule has 0 atom stereocenters. The van der Waals surface area contributed by atoms with Crippen molar-refractivity contribution in [3.8, 4) is 0 Å². The number of nitrogens with one attached hydrogen (secondary N) is 2. The lowest BCUT2D eigenvalue weighted by molar-refractivity contribution is 0.0527. The summed E-state index contributed by atoms with van der Waals surface area (Å²) in [5.74, 6) is -0.292. The minimum absolute atomic E-state index is 0.281. The second-order valence-electron chi connectivity index (χ2n) is 6.13. The van der Waals surface area contributed by atoms with E-state index in [2.05, 4.69) is 25.6 Å². The second-order valence-corrected chi connectivity index (χ2v) is 6.13. The Morgan fingerprint density at radius 2 is 1.79 bits per heavy atom. The number of carbonyl (C=O) groups excluding carboxylic acids is 2. The first-order valence-corrected chi connectivity index (χ1v) is 7.68. The van der Waals surface area contributed by atoms with Gasteiger partial charge in [-0.05, 0) is 39.3 Å². The Bertz CT molecular complexity index is 727. The fourth-order valence-electron chi connectivity index (χ4n) is 1.87. The van der Waals surface area contributed by atoms with E-state index in [1.54, 1.807) is 39.1 Å². The van der Waals surface area contributed by atoms with Crippen LogP contribution in [-0.2, 0) is 4.74 Å². The van der Waals surface area contributed by atoms with E-state index in [4.69, 9.17) is 4.74 Å².